The molecule has 1 N–H and O–H groups in total. The lowest BCUT2D eigenvalue weighted by Gasteiger charge is -2.20. The van der Waals surface area contributed by atoms with Gasteiger partial charge >= 0.3 is 0 Å². The molecule has 0 amide bonds. The molecule has 0 radical (unpaired) electrons. The van der Waals surface area contributed by atoms with Crippen LogP contribution in [0.25, 0.3) is 0 Å². The molecule has 0 rings (SSSR count). The molecule has 0 bridgehead atoms. The van der Waals surface area contributed by atoms with Gasteiger partial charge in [-0.15, -0.1) is 0 Å². The Hall–Kier alpha value is -0.160. The summed E-state index contributed by atoms with van der Waals surface area (Å²) < 4.78 is 16.2. The predicted octanol–water partition coefficient (Wildman–Crippen LogP) is 1.56. The highest BCUT2D eigenvalue weighted by molar-refractivity contribution is 4.47. The number of hydrogen-bond donors (Lipinski definition) is 1. The topological polar surface area (TPSA) is 47.9 Å². The third kappa shape index (κ3) is 10.1. The highest BCUT2D eigenvalue weighted by Gasteiger charge is 2.10. The molecule has 0 heterocycles. The van der Waals surface area contributed by atoms with E-state index in [1.807, 2.05) is 13.8 Å². The molecule has 4 heteroatoms. The van der Waals surface area contributed by atoms with Crippen molar-refractivity contribution < 1.29 is 19.3 Å². The van der Waals surface area contributed by atoms with Gasteiger partial charge in [-0.3, -0.25) is 0 Å². The molecule has 1 unspecified atom stereocenters. The molecule has 0 aliphatic rings. The number of aliphatic hydroxyl groups excluding tert-OH is 1. The molecule has 0 spiro atoms. The van der Waals surface area contributed by atoms with Crippen molar-refractivity contribution in [3.8, 4) is 0 Å². The lowest BCUT2D eigenvalue weighted by Crippen LogP contribution is -2.24. The van der Waals surface area contributed by atoms with Crippen LogP contribution in [0.3, 0.4) is 0 Å². The summed E-state index contributed by atoms with van der Waals surface area (Å²) in [5, 5.41) is 8.80. The Kier molecular flexibility index (Phi) is 10.3. The Labute approximate surface area is 92.5 Å². The lowest BCUT2D eigenvalue weighted by atomic mass is 10.4. The van der Waals surface area contributed by atoms with Crippen LogP contribution in [0.15, 0.2) is 0 Å². The highest BCUT2D eigenvalue weighted by Crippen LogP contribution is 2.04. The minimum Gasteiger partial charge on any atom is -0.396 e. The van der Waals surface area contributed by atoms with E-state index in [1.54, 1.807) is 0 Å². The Morgan fingerprint density at radius 3 is 2.40 bits per heavy atom. The maximum atomic E-state index is 8.80. The molecule has 0 saturated heterocycles. The van der Waals surface area contributed by atoms with Crippen molar-refractivity contribution in [1.82, 2.24) is 0 Å². The van der Waals surface area contributed by atoms with E-state index in [1.165, 1.54) is 0 Å². The second kappa shape index (κ2) is 10.4. The summed E-state index contributed by atoms with van der Waals surface area (Å²) in [5.74, 6) is 0. The van der Waals surface area contributed by atoms with Gasteiger partial charge in [0.2, 0.25) is 0 Å². The zero-order valence-corrected chi connectivity index (χ0v) is 10.1. The van der Waals surface area contributed by atoms with Gasteiger partial charge in [0.25, 0.3) is 0 Å². The minimum absolute atomic E-state index is 0.0766. The summed E-state index contributed by atoms with van der Waals surface area (Å²) in [6.45, 7) is 7.89. The molecular formula is C11H24O4. The highest BCUT2D eigenvalue weighted by atomic mass is 16.7. The van der Waals surface area contributed by atoms with Gasteiger partial charge in [-0.2, -0.15) is 0 Å². The summed E-state index contributed by atoms with van der Waals surface area (Å²) in [7, 11) is 0. The van der Waals surface area contributed by atoms with Crippen LogP contribution in [-0.2, 0) is 14.2 Å². The van der Waals surface area contributed by atoms with E-state index in [0.29, 0.717) is 19.6 Å². The van der Waals surface area contributed by atoms with Gasteiger partial charge in [0.05, 0.1) is 19.3 Å². The molecule has 0 aliphatic carbocycles. The fourth-order valence-electron chi connectivity index (χ4n) is 1.08. The maximum Gasteiger partial charge on any atom is 0.160 e. The SMILES string of the molecule is CCCOCCOC(CCO)OC(C)C. The fraction of sp³-hybridized carbons (Fsp3) is 1.00. The lowest BCUT2D eigenvalue weighted by molar-refractivity contribution is -0.175. The van der Waals surface area contributed by atoms with E-state index in [0.717, 1.165) is 13.0 Å². The number of rotatable bonds is 10. The predicted molar refractivity (Wildman–Crippen MR) is 58.8 cm³/mol. The Bertz CT molecular complexity index is 128. The summed E-state index contributed by atoms with van der Waals surface area (Å²) in [6, 6.07) is 0. The molecule has 0 saturated carbocycles. The molecule has 0 aromatic carbocycles. The first-order valence-corrected chi connectivity index (χ1v) is 5.66. The van der Waals surface area contributed by atoms with Crippen molar-refractivity contribution >= 4 is 0 Å². The molecule has 92 valence electrons. The van der Waals surface area contributed by atoms with E-state index >= 15 is 0 Å². The normalized spacial score (nSPS) is 13.4. The quantitative estimate of drug-likeness (QED) is 0.448. The van der Waals surface area contributed by atoms with E-state index in [-0.39, 0.29) is 19.0 Å². The molecule has 0 fully saturated rings. The van der Waals surface area contributed by atoms with Crippen molar-refractivity contribution in [3.63, 3.8) is 0 Å². The van der Waals surface area contributed by atoms with Crippen molar-refractivity contribution in [2.24, 2.45) is 0 Å². The monoisotopic (exact) mass is 220 g/mol. The van der Waals surface area contributed by atoms with Gasteiger partial charge in [-0.25, -0.2) is 0 Å². The Balaban J connectivity index is 3.47. The van der Waals surface area contributed by atoms with Gasteiger partial charge < -0.3 is 19.3 Å². The van der Waals surface area contributed by atoms with E-state index in [9.17, 15) is 0 Å². The van der Waals surface area contributed by atoms with Crippen molar-refractivity contribution in [2.45, 2.75) is 46.0 Å². The first-order chi connectivity index (χ1) is 7.20. The van der Waals surface area contributed by atoms with Crippen LogP contribution in [0, 0.1) is 0 Å². The second-order valence-electron chi connectivity index (χ2n) is 3.61. The second-order valence-corrected chi connectivity index (χ2v) is 3.61. The first-order valence-electron chi connectivity index (χ1n) is 5.66. The van der Waals surface area contributed by atoms with Gasteiger partial charge in [0.1, 0.15) is 0 Å². The van der Waals surface area contributed by atoms with Gasteiger partial charge in [-0.1, -0.05) is 6.92 Å². The van der Waals surface area contributed by atoms with Crippen LogP contribution >= 0.6 is 0 Å². The first kappa shape index (κ1) is 14.8. The van der Waals surface area contributed by atoms with Crippen LogP contribution in [0.5, 0.6) is 0 Å². The number of aliphatic hydroxyl groups is 1. The summed E-state index contributed by atoms with van der Waals surface area (Å²) >= 11 is 0. The third-order valence-corrected chi connectivity index (χ3v) is 1.67. The minimum atomic E-state index is -0.319. The summed E-state index contributed by atoms with van der Waals surface area (Å²) in [5.41, 5.74) is 0. The number of hydrogen-bond acceptors (Lipinski definition) is 4. The van der Waals surface area contributed by atoms with Crippen LogP contribution in [0.2, 0.25) is 0 Å². The van der Waals surface area contributed by atoms with Crippen molar-refractivity contribution in [2.75, 3.05) is 26.4 Å². The standard InChI is InChI=1S/C11H24O4/c1-4-7-13-8-9-14-11(5-6-12)15-10(2)3/h10-12H,4-9H2,1-3H3. The van der Waals surface area contributed by atoms with Crippen LogP contribution in [-0.4, -0.2) is 43.9 Å². The molecule has 1 atom stereocenters. The largest absolute Gasteiger partial charge is 0.396 e. The zero-order valence-electron chi connectivity index (χ0n) is 10.1. The Morgan fingerprint density at radius 1 is 1.13 bits per heavy atom. The van der Waals surface area contributed by atoms with E-state index < -0.39 is 0 Å². The van der Waals surface area contributed by atoms with Crippen LogP contribution < -0.4 is 0 Å². The summed E-state index contributed by atoms with van der Waals surface area (Å²) in [6.07, 6.45) is 1.31. The van der Waals surface area contributed by atoms with Crippen LogP contribution in [0.4, 0.5) is 0 Å². The van der Waals surface area contributed by atoms with E-state index in [4.69, 9.17) is 19.3 Å². The van der Waals surface area contributed by atoms with Gasteiger partial charge in [-0.05, 0) is 20.3 Å². The van der Waals surface area contributed by atoms with E-state index in [2.05, 4.69) is 6.92 Å². The zero-order chi connectivity index (χ0) is 11.5. The third-order valence-electron chi connectivity index (χ3n) is 1.67. The van der Waals surface area contributed by atoms with Gasteiger partial charge in [0.15, 0.2) is 6.29 Å². The molecular weight excluding hydrogens is 196 g/mol. The average molecular weight is 220 g/mol. The molecule has 0 aromatic heterocycles. The molecule has 15 heavy (non-hydrogen) atoms. The van der Waals surface area contributed by atoms with Crippen LogP contribution in [0.1, 0.15) is 33.6 Å². The number of ether oxygens (including phenoxy) is 3. The smallest absolute Gasteiger partial charge is 0.160 e. The molecule has 4 nitrogen and oxygen atoms in total. The average Bonchev–Trinajstić information content (AvgIpc) is 2.17. The van der Waals surface area contributed by atoms with Crippen molar-refractivity contribution in [3.05, 3.63) is 0 Å². The Morgan fingerprint density at radius 2 is 1.87 bits per heavy atom. The molecule has 0 aliphatic heterocycles. The fourth-order valence-corrected chi connectivity index (χ4v) is 1.08. The van der Waals surface area contributed by atoms with Gasteiger partial charge in [0, 0.05) is 19.6 Å². The summed E-state index contributed by atoms with van der Waals surface area (Å²) in [4.78, 5) is 0. The maximum absolute atomic E-state index is 8.80. The molecule has 0 aromatic rings. The van der Waals surface area contributed by atoms with Crippen molar-refractivity contribution in [1.29, 1.82) is 0 Å².